The van der Waals surface area contributed by atoms with Crippen LogP contribution in [0.1, 0.15) is 13.3 Å². The van der Waals surface area contributed by atoms with Gasteiger partial charge in [0.25, 0.3) is 0 Å². The Kier molecular flexibility index (Phi) is 9.32. The molecule has 1 aromatic rings. The van der Waals surface area contributed by atoms with E-state index < -0.39 is 26.8 Å². The van der Waals surface area contributed by atoms with Crippen molar-refractivity contribution in [2.45, 2.75) is 30.3 Å². The van der Waals surface area contributed by atoms with Gasteiger partial charge in [-0.2, -0.15) is 16.5 Å². The molecule has 1 unspecified atom stereocenters. The summed E-state index contributed by atoms with van der Waals surface area (Å²) in [5.74, 6) is -0.470. The van der Waals surface area contributed by atoms with Crippen LogP contribution in [0.15, 0.2) is 29.2 Å². The molecule has 0 aromatic heterocycles. The van der Waals surface area contributed by atoms with Gasteiger partial charge in [0, 0.05) is 25.7 Å². The van der Waals surface area contributed by atoms with Crippen LogP contribution in [-0.4, -0.2) is 63.0 Å². The molecule has 0 bridgehead atoms. The maximum atomic E-state index is 13.9. The third kappa shape index (κ3) is 6.09. The third-order valence-corrected chi connectivity index (χ3v) is 6.16. The molecule has 2 rings (SSSR count). The Labute approximate surface area is 164 Å². The van der Waals surface area contributed by atoms with Crippen molar-refractivity contribution in [1.29, 1.82) is 0 Å². The normalized spacial score (nSPS) is 18.9. The number of nitrogens with zero attached hydrogens (tertiary/aromatic N) is 1. The number of carbonyl (C=O) groups is 1. The van der Waals surface area contributed by atoms with E-state index in [1.807, 2.05) is 13.2 Å². The molecule has 6 nitrogen and oxygen atoms in total. The van der Waals surface area contributed by atoms with Crippen molar-refractivity contribution in [1.82, 2.24) is 14.9 Å². The van der Waals surface area contributed by atoms with Gasteiger partial charge in [0.05, 0.1) is 0 Å². The molecule has 0 saturated carbocycles. The largest absolute Gasteiger partial charge is 0.338 e. The Balaban J connectivity index is 0.00000338. The molecule has 1 heterocycles. The van der Waals surface area contributed by atoms with E-state index >= 15 is 0 Å². The van der Waals surface area contributed by atoms with Gasteiger partial charge in [-0.1, -0.05) is 12.1 Å². The minimum atomic E-state index is -4.12. The maximum Gasteiger partial charge on any atom is 0.244 e. The Hall–Kier alpha value is -0.870. The molecule has 0 radical (unpaired) electrons. The molecule has 148 valence electrons. The second-order valence-corrected chi connectivity index (χ2v) is 8.69. The van der Waals surface area contributed by atoms with E-state index in [4.69, 9.17) is 0 Å². The van der Waals surface area contributed by atoms with Crippen molar-refractivity contribution in [3.63, 3.8) is 0 Å². The number of halogens is 2. The highest BCUT2D eigenvalue weighted by molar-refractivity contribution is 7.98. The molecule has 2 N–H and O–H groups in total. The molecular weight excluding hydrogens is 401 g/mol. The molecule has 1 aliphatic heterocycles. The molecule has 0 aliphatic carbocycles. The monoisotopic (exact) mass is 425 g/mol. The lowest BCUT2D eigenvalue weighted by molar-refractivity contribution is -0.134. The summed E-state index contributed by atoms with van der Waals surface area (Å²) in [6, 6.07) is 4.41. The van der Waals surface area contributed by atoms with Gasteiger partial charge in [-0.25, -0.2) is 12.8 Å². The first-order chi connectivity index (χ1) is 11.8. The Morgan fingerprint density at radius 2 is 2.15 bits per heavy atom. The fourth-order valence-electron chi connectivity index (χ4n) is 2.73. The molecule has 2 atom stereocenters. The first-order valence-electron chi connectivity index (χ1n) is 8.13. The van der Waals surface area contributed by atoms with E-state index in [9.17, 15) is 17.6 Å². The van der Waals surface area contributed by atoms with Gasteiger partial charge in [0.1, 0.15) is 16.8 Å². The van der Waals surface area contributed by atoms with Crippen LogP contribution >= 0.6 is 24.2 Å². The van der Waals surface area contributed by atoms with Crippen LogP contribution in [0.3, 0.4) is 0 Å². The lowest BCUT2D eigenvalue weighted by Crippen LogP contribution is -2.56. The predicted molar refractivity (Wildman–Crippen MR) is 105 cm³/mol. The summed E-state index contributed by atoms with van der Waals surface area (Å²) in [7, 11) is -4.12. The van der Waals surface area contributed by atoms with Crippen LogP contribution in [0.25, 0.3) is 0 Å². The van der Waals surface area contributed by atoms with Gasteiger partial charge in [-0.3, -0.25) is 4.79 Å². The number of piperazine rings is 1. The van der Waals surface area contributed by atoms with E-state index in [0.29, 0.717) is 31.8 Å². The fourth-order valence-corrected chi connectivity index (χ4v) is 4.51. The van der Waals surface area contributed by atoms with Gasteiger partial charge in [-0.15, -0.1) is 12.4 Å². The summed E-state index contributed by atoms with van der Waals surface area (Å²) in [5, 5.41) is 3.24. The highest BCUT2D eigenvalue weighted by Gasteiger charge is 2.31. The zero-order valence-corrected chi connectivity index (χ0v) is 17.2. The number of carbonyl (C=O) groups excluding carboxylic acids is 1. The third-order valence-electron chi connectivity index (χ3n) is 4.01. The van der Waals surface area contributed by atoms with Gasteiger partial charge in [-0.05, 0) is 37.5 Å². The number of hydrogen-bond acceptors (Lipinski definition) is 5. The number of thioether (sulfide) groups is 1. The smallest absolute Gasteiger partial charge is 0.244 e. The standard InChI is InChI=1S/C16H24FN3O3S2.ClH/c1-12-11-20(9-8-18-12)16(21)14(7-10-24-2)19-25(22,23)15-6-4-3-5-13(15)17;/h3-6,12,14,18-19H,7-11H2,1-2H3;1H/t12-,14?;/m1./s1. The summed E-state index contributed by atoms with van der Waals surface area (Å²) in [4.78, 5) is 14.0. The molecule has 1 aromatic carbocycles. The van der Waals surface area contributed by atoms with Gasteiger partial charge in [0.2, 0.25) is 15.9 Å². The number of amides is 1. The van der Waals surface area contributed by atoms with E-state index in [2.05, 4.69) is 10.0 Å². The van der Waals surface area contributed by atoms with Crippen LogP contribution in [0, 0.1) is 5.82 Å². The Bertz CT molecular complexity index is 706. The first kappa shape index (κ1) is 23.2. The zero-order chi connectivity index (χ0) is 18.4. The number of hydrogen-bond donors (Lipinski definition) is 2. The molecular formula is C16H25ClFN3O3S2. The number of rotatable bonds is 7. The summed E-state index contributed by atoms with van der Waals surface area (Å²) in [5.41, 5.74) is 0. The van der Waals surface area contributed by atoms with Crippen molar-refractivity contribution in [2.24, 2.45) is 0 Å². The summed E-state index contributed by atoms with van der Waals surface area (Å²) < 4.78 is 41.3. The lowest BCUT2D eigenvalue weighted by atomic mass is 10.1. The number of sulfonamides is 1. The minimum Gasteiger partial charge on any atom is -0.338 e. The number of nitrogens with one attached hydrogen (secondary N) is 2. The van der Waals surface area contributed by atoms with Crippen molar-refractivity contribution >= 4 is 40.1 Å². The quantitative estimate of drug-likeness (QED) is 0.691. The van der Waals surface area contributed by atoms with Crippen molar-refractivity contribution in [3.8, 4) is 0 Å². The summed E-state index contributed by atoms with van der Waals surface area (Å²) >= 11 is 1.53. The zero-order valence-electron chi connectivity index (χ0n) is 14.8. The molecule has 1 fully saturated rings. The Morgan fingerprint density at radius 1 is 1.46 bits per heavy atom. The second-order valence-electron chi connectivity index (χ2n) is 6.03. The molecule has 26 heavy (non-hydrogen) atoms. The lowest BCUT2D eigenvalue weighted by Gasteiger charge is -2.34. The molecule has 0 spiro atoms. The first-order valence-corrected chi connectivity index (χ1v) is 11.0. The van der Waals surface area contributed by atoms with Crippen LogP contribution in [0.5, 0.6) is 0 Å². The minimum absolute atomic E-state index is 0. The number of benzene rings is 1. The van der Waals surface area contributed by atoms with Crippen LogP contribution in [0.4, 0.5) is 4.39 Å². The van der Waals surface area contributed by atoms with Crippen molar-refractivity contribution < 1.29 is 17.6 Å². The topological polar surface area (TPSA) is 78.5 Å². The van der Waals surface area contributed by atoms with Crippen molar-refractivity contribution in [2.75, 3.05) is 31.6 Å². The SMILES string of the molecule is CSCCC(NS(=O)(=O)c1ccccc1F)C(=O)N1CCN[C@H](C)C1.Cl. The molecule has 1 aliphatic rings. The summed E-state index contributed by atoms with van der Waals surface area (Å²) in [6.07, 6.45) is 2.24. The van der Waals surface area contributed by atoms with E-state index in [-0.39, 0.29) is 24.4 Å². The van der Waals surface area contributed by atoms with Gasteiger partial charge >= 0.3 is 0 Å². The van der Waals surface area contributed by atoms with Crippen LogP contribution in [-0.2, 0) is 14.8 Å². The fraction of sp³-hybridized carbons (Fsp3) is 0.562. The Morgan fingerprint density at radius 3 is 2.77 bits per heavy atom. The second kappa shape index (κ2) is 10.5. The summed E-state index contributed by atoms with van der Waals surface area (Å²) in [6.45, 7) is 3.69. The molecule has 1 amide bonds. The van der Waals surface area contributed by atoms with Crippen LogP contribution < -0.4 is 10.0 Å². The average molecular weight is 426 g/mol. The maximum absolute atomic E-state index is 13.9. The highest BCUT2D eigenvalue weighted by Crippen LogP contribution is 2.16. The highest BCUT2D eigenvalue weighted by atomic mass is 35.5. The van der Waals surface area contributed by atoms with Gasteiger partial charge in [0.15, 0.2) is 0 Å². The van der Waals surface area contributed by atoms with E-state index in [1.54, 1.807) is 4.90 Å². The van der Waals surface area contributed by atoms with Crippen molar-refractivity contribution in [3.05, 3.63) is 30.1 Å². The molecule has 10 heteroatoms. The van der Waals surface area contributed by atoms with Gasteiger partial charge < -0.3 is 10.2 Å². The molecule has 1 saturated heterocycles. The average Bonchev–Trinajstić information content (AvgIpc) is 2.58. The predicted octanol–water partition coefficient (Wildman–Crippen LogP) is 1.47. The van der Waals surface area contributed by atoms with E-state index in [1.165, 1.54) is 30.0 Å². The van der Waals surface area contributed by atoms with E-state index in [0.717, 1.165) is 6.07 Å². The van der Waals surface area contributed by atoms with Crippen LogP contribution in [0.2, 0.25) is 0 Å².